The van der Waals surface area contributed by atoms with Crippen molar-refractivity contribution in [3.8, 4) is 16.9 Å². The number of aliphatic hydroxyl groups is 1. The first-order valence-corrected chi connectivity index (χ1v) is 9.05. The maximum absolute atomic E-state index is 12.1. The Morgan fingerprint density at radius 1 is 0.929 bits per heavy atom. The monoisotopic (exact) mass is 376 g/mol. The molecule has 0 fully saturated rings. The second kappa shape index (κ2) is 8.59. The molecule has 3 aromatic carbocycles. The lowest BCUT2D eigenvalue weighted by atomic mass is 9.94. The van der Waals surface area contributed by atoms with Gasteiger partial charge >= 0.3 is 6.03 Å². The predicted octanol–water partition coefficient (Wildman–Crippen LogP) is 4.39. The van der Waals surface area contributed by atoms with Gasteiger partial charge in [-0.25, -0.2) is 4.79 Å². The summed E-state index contributed by atoms with van der Waals surface area (Å²) < 4.78 is 5.09. The van der Waals surface area contributed by atoms with Gasteiger partial charge in [-0.2, -0.15) is 0 Å². The smallest absolute Gasteiger partial charge is 0.319 e. The van der Waals surface area contributed by atoms with Crippen LogP contribution in [0.4, 0.5) is 10.5 Å². The Kier molecular flexibility index (Phi) is 5.96. The van der Waals surface area contributed by atoms with Gasteiger partial charge in [-0.3, -0.25) is 0 Å². The molecule has 3 rings (SSSR count). The molecule has 0 saturated heterocycles. The minimum Gasteiger partial charge on any atom is -0.497 e. The van der Waals surface area contributed by atoms with Crippen molar-refractivity contribution < 1.29 is 14.6 Å². The Balaban J connectivity index is 1.58. The number of urea groups is 1. The van der Waals surface area contributed by atoms with E-state index in [-0.39, 0.29) is 12.6 Å². The van der Waals surface area contributed by atoms with Crippen LogP contribution in [0.2, 0.25) is 0 Å². The van der Waals surface area contributed by atoms with E-state index < -0.39 is 5.60 Å². The number of carbonyl (C=O) groups excluding carboxylic acids is 1. The highest BCUT2D eigenvalue weighted by Gasteiger charge is 2.23. The fourth-order valence-electron chi connectivity index (χ4n) is 2.86. The summed E-state index contributed by atoms with van der Waals surface area (Å²) in [6.07, 6.45) is 0. The van der Waals surface area contributed by atoms with Crippen molar-refractivity contribution in [3.63, 3.8) is 0 Å². The quantitative estimate of drug-likeness (QED) is 0.597. The zero-order valence-electron chi connectivity index (χ0n) is 16.0. The fraction of sp³-hybridized carbons (Fsp3) is 0.174. The summed E-state index contributed by atoms with van der Waals surface area (Å²) >= 11 is 0. The summed E-state index contributed by atoms with van der Waals surface area (Å²) in [5, 5.41) is 16.2. The molecule has 0 aliphatic rings. The summed E-state index contributed by atoms with van der Waals surface area (Å²) in [5.74, 6) is 0.716. The number of hydrogen-bond donors (Lipinski definition) is 3. The molecule has 0 bridgehead atoms. The standard InChI is InChI=1S/C23H24N2O3/c1-23(27,16-24-22(26)25-20-12-14-21(28-2)15-13-20)19-10-8-18(9-11-19)17-6-4-3-5-7-17/h3-15,27H,16H2,1-2H3,(H2,24,25,26). The Hall–Kier alpha value is -3.31. The van der Waals surface area contributed by atoms with E-state index in [1.165, 1.54) is 0 Å². The summed E-state index contributed by atoms with van der Waals surface area (Å²) in [6.45, 7) is 1.76. The molecule has 5 nitrogen and oxygen atoms in total. The number of benzene rings is 3. The second-order valence-electron chi connectivity index (χ2n) is 6.75. The van der Waals surface area contributed by atoms with Gasteiger partial charge < -0.3 is 20.5 Å². The van der Waals surface area contributed by atoms with Crippen LogP contribution in [0.25, 0.3) is 11.1 Å². The van der Waals surface area contributed by atoms with Crippen LogP contribution in [-0.4, -0.2) is 24.8 Å². The van der Waals surface area contributed by atoms with Gasteiger partial charge in [-0.1, -0.05) is 54.6 Å². The zero-order chi connectivity index (χ0) is 20.0. The number of carbonyl (C=O) groups is 1. The van der Waals surface area contributed by atoms with E-state index in [9.17, 15) is 9.90 Å². The summed E-state index contributed by atoms with van der Waals surface area (Å²) in [5.41, 5.74) is 2.38. The highest BCUT2D eigenvalue weighted by molar-refractivity contribution is 5.89. The number of ether oxygens (including phenoxy) is 1. The number of hydrogen-bond acceptors (Lipinski definition) is 3. The van der Waals surface area contributed by atoms with Crippen molar-refractivity contribution in [3.05, 3.63) is 84.4 Å². The van der Waals surface area contributed by atoms with Gasteiger partial charge in [-0.05, 0) is 47.9 Å². The summed E-state index contributed by atoms with van der Waals surface area (Å²) in [4.78, 5) is 12.1. The van der Waals surface area contributed by atoms with Crippen LogP contribution in [0.5, 0.6) is 5.75 Å². The Bertz CT molecular complexity index is 905. The molecule has 3 aromatic rings. The van der Waals surface area contributed by atoms with Crippen molar-refractivity contribution in [2.75, 3.05) is 19.0 Å². The van der Waals surface area contributed by atoms with E-state index in [0.29, 0.717) is 11.4 Å². The summed E-state index contributed by atoms with van der Waals surface area (Å²) in [6, 6.07) is 24.4. The number of amides is 2. The maximum Gasteiger partial charge on any atom is 0.319 e. The SMILES string of the molecule is COc1ccc(NC(=O)NCC(C)(O)c2ccc(-c3ccccc3)cc2)cc1. The topological polar surface area (TPSA) is 70.6 Å². The normalized spacial score (nSPS) is 12.7. The average molecular weight is 376 g/mol. The first kappa shape index (κ1) is 19.5. The van der Waals surface area contributed by atoms with E-state index in [0.717, 1.165) is 16.7 Å². The molecule has 0 heterocycles. The van der Waals surface area contributed by atoms with Gasteiger partial charge in [0, 0.05) is 5.69 Å². The lowest BCUT2D eigenvalue weighted by molar-refractivity contribution is 0.0600. The highest BCUT2D eigenvalue weighted by atomic mass is 16.5. The van der Waals surface area contributed by atoms with Crippen LogP contribution in [0.15, 0.2) is 78.9 Å². The number of rotatable bonds is 6. The van der Waals surface area contributed by atoms with Gasteiger partial charge in [0.25, 0.3) is 0 Å². The van der Waals surface area contributed by atoms with E-state index >= 15 is 0 Å². The number of anilines is 1. The molecule has 0 aromatic heterocycles. The van der Waals surface area contributed by atoms with Crippen LogP contribution >= 0.6 is 0 Å². The zero-order valence-corrected chi connectivity index (χ0v) is 16.0. The molecule has 0 aliphatic heterocycles. The molecular formula is C23H24N2O3. The lowest BCUT2D eigenvalue weighted by Gasteiger charge is -2.24. The number of methoxy groups -OCH3 is 1. The molecular weight excluding hydrogens is 352 g/mol. The molecule has 0 aliphatic carbocycles. The van der Waals surface area contributed by atoms with Crippen molar-refractivity contribution in [1.82, 2.24) is 5.32 Å². The Morgan fingerprint density at radius 3 is 2.14 bits per heavy atom. The molecule has 0 radical (unpaired) electrons. The van der Waals surface area contributed by atoms with Crippen molar-refractivity contribution >= 4 is 11.7 Å². The van der Waals surface area contributed by atoms with Crippen LogP contribution in [0, 0.1) is 0 Å². The third-order valence-corrected chi connectivity index (χ3v) is 4.55. The molecule has 1 atom stereocenters. The maximum atomic E-state index is 12.1. The summed E-state index contributed by atoms with van der Waals surface area (Å²) in [7, 11) is 1.59. The van der Waals surface area contributed by atoms with Crippen molar-refractivity contribution in [2.45, 2.75) is 12.5 Å². The molecule has 5 heteroatoms. The van der Waals surface area contributed by atoms with E-state index in [2.05, 4.69) is 10.6 Å². The van der Waals surface area contributed by atoms with Gasteiger partial charge in [0.2, 0.25) is 0 Å². The fourth-order valence-corrected chi connectivity index (χ4v) is 2.86. The van der Waals surface area contributed by atoms with Gasteiger partial charge in [0.05, 0.1) is 13.7 Å². The highest BCUT2D eigenvalue weighted by Crippen LogP contribution is 2.25. The van der Waals surface area contributed by atoms with Crippen LogP contribution < -0.4 is 15.4 Å². The minimum atomic E-state index is -1.19. The third-order valence-electron chi connectivity index (χ3n) is 4.55. The van der Waals surface area contributed by atoms with Crippen LogP contribution in [-0.2, 0) is 5.60 Å². The average Bonchev–Trinajstić information content (AvgIpc) is 2.74. The lowest BCUT2D eigenvalue weighted by Crippen LogP contribution is -2.40. The molecule has 144 valence electrons. The first-order chi connectivity index (χ1) is 13.5. The molecule has 0 spiro atoms. The minimum absolute atomic E-state index is 0.0830. The van der Waals surface area contributed by atoms with Gasteiger partial charge in [0.1, 0.15) is 11.4 Å². The Morgan fingerprint density at radius 2 is 1.54 bits per heavy atom. The van der Waals surface area contributed by atoms with Crippen LogP contribution in [0.1, 0.15) is 12.5 Å². The molecule has 3 N–H and O–H groups in total. The van der Waals surface area contributed by atoms with Crippen molar-refractivity contribution in [1.29, 1.82) is 0 Å². The molecule has 2 amide bonds. The van der Waals surface area contributed by atoms with Crippen molar-refractivity contribution in [2.24, 2.45) is 0 Å². The van der Waals surface area contributed by atoms with Gasteiger partial charge in [-0.15, -0.1) is 0 Å². The first-order valence-electron chi connectivity index (χ1n) is 9.05. The predicted molar refractivity (Wildman–Crippen MR) is 111 cm³/mol. The third kappa shape index (κ3) is 4.90. The number of nitrogens with one attached hydrogen (secondary N) is 2. The van der Waals surface area contributed by atoms with Crippen LogP contribution in [0.3, 0.4) is 0 Å². The van der Waals surface area contributed by atoms with Gasteiger partial charge in [0.15, 0.2) is 0 Å². The molecule has 28 heavy (non-hydrogen) atoms. The second-order valence-corrected chi connectivity index (χ2v) is 6.75. The molecule has 1 unspecified atom stereocenters. The largest absolute Gasteiger partial charge is 0.497 e. The van der Waals surface area contributed by atoms with E-state index in [1.54, 1.807) is 38.3 Å². The van der Waals surface area contributed by atoms with E-state index in [4.69, 9.17) is 4.74 Å². The molecule has 0 saturated carbocycles. The Labute approximate surface area is 165 Å². The van der Waals surface area contributed by atoms with E-state index in [1.807, 2.05) is 54.6 Å².